The summed E-state index contributed by atoms with van der Waals surface area (Å²) in [6, 6.07) is 6.69. The molecule has 0 bridgehead atoms. The van der Waals surface area contributed by atoms with E-state index in [-0.39, 0.29) is 0 Å². The monoisotopic (exact) mass is 296 g/mol. The van der Waals surface area contributed by atoms with Gasteiger partial charge in [-0.2, -0.15) is 0 Å². The van der Waals surface area contributed by atoms with Crippen LogP contribution in [-0.2, 0) is 4.74 Å². The molecular formula is C16H25ClN2O. The standard InChI is InChI=1S/C16H25ClN2O/c1-4-20-14-6-5-9-19(11-14)16-8-7-13(10-15(16)17)12(2)18-3/h7-8,10,12,14,18H,4-6,9,11H2,1-3H3. The van der Waals surface area contributed by atoms with Gasteiger partial charge in [-0.1, -0.05) is 17.7 Å². The molecular weight excluding hydrogens is 272 g/mol. The van der Waals surface area contributed by atoms with E-state index in [0.29, 0.717) is 12.1 Å². The lowest BCUT2D eigenvalue weighted by Gasteiger charge is -2.34. The van der Waals surface area contributed by atoms with Gasteiger partial charge in [0, 0.05) is 25.7 Å². The number of halogens is 1. The highest BCUT2D eigenvalue weighted by molar-refractivity contribution is 6.33. The van der Waals surface area contributed by atoms with Crippen molar-refractivity contribution in [1.29, 1.82) is 0 Å². The van der Waals surface area contributed by atoms with Crippen LogP contribution in [0.1, 0.15) is 38.3 Å². The van der Waals surface area contributed by atoms with Crippen molar-refractivity contribution in [2.75, 3.05) is 31.6 Å². The molecule has 0 amide bonds. The highest BCUT2D eigenvalue weighted by atomic mass is 35.5. The van der Waals surface area contributed by atoms with Crippen LogP contribution in [0, 0.1) is 0 Å². The van der Waals surface area contributed by atoms with E-state index in [4.69, 9.17) is 16.3 Å². The van der Waals surface area contributed by atoms with Crippen molar-refractivity contribution in [3.05, 3.63) is 28.8 Å². The minimum Gasteiger partial charge on any atom is -0.377 e. The first kappa shape index (κ1) is 15.6. The summed E-state index contributed by atoms with van der Waals surface area (Å²) in [4.78, 5) is 2.35. The van der Waals surface area contributed by atoms with E-state index in [9.17, 15) is 0 Å². The molecule has 0 spiro atoms. The molecule has 2 atom stereocenters. The molecule has 3 nitrogen and oxygen atoms in total. The summed E-state index contributed by atoms with van der Waals surface area (Å²) >= 11 is 6.48. The Hall–Kier alpha value is -0.770. The van der Waals surface area contributed by atoms with Crippen molar-refractivity contribution in [3.63, 3.8) is 0 Å². The van der Waals surface area contributed by atoms with Gasteiger partial charge in [0.25, 0.3) is 0 Å². The number of rotatable bonds is 5. The summed E-state index contributed by atoms with van der Waals surface area (Å²) in [5, 5.41) is 4.07. The molecule has 0 aromatic heterocycles. The SMILES string of the molecule is CCOC1CCCN(c2ccc(C(C)NC)cc2Cl)C1. The molecule has 1 heterocycles. The molecule has 4 heteroatoms. The van der Waals surface area contributed by atoms with Gasteiger partial charge in [0.05, 0.1) is 16.8 Å². The number of benzene rings is 1. The van der Waals surface area contributed by atoms with Crippen LogP contribution >= 0.6 is 11.6 Å². The van der Waals surface area contributed by atoms with Crippen LogP contribution < -0.4 is 10.2 Å². The molecule has 0 aliphatic carbocycles. The van der Waals surface area contributed by atoms with Crippen LogP contribution in [0.3, 0.4) is 0 Å². The highest BCUT2D eigenvalue weighted by Gasteiger charge is 2.22. The molecule has 112 valence electrons. The largest absolute Gasteiger partial charge is 0.377 e. The Morgan fingerprint density at radius 3 is 2.95 bits per heavy atom. The van der Waals surface area contributed by atoms with Gasteiger partial charge in [0.2, 0.25) is 0 Å². The predicted octanol–water partition coefficient (Wildman–Crippen LogP) is 3.63. The molecule has 1 saturated heterocycles. The first-order valence-corrected chi connectivity index (χ1v) is 7.86. The second-order valence-corrected chi connectivity index (χ2v) is 5.79. The Bertz CT molecular complexity index is 436. The van der Waals surface area contributed by atoms with Gasteiger partial charge < -0.3 is 15.0 Å². The Morgan fingerprint density at radius 2 is 2.30 bits per heavy atom. The lowest BCUT2D eigenvalue weighted by atomic mass is 10.0. The number of anilines is 1. The molecule has 1 fully saturated rings. The van der Waals surface area contributed by atoms with E-state index >= 15 is 0 Å². The quantitative estimate of drug-likeness (QED) is 0.898. The number of hydrogen-bond acceptors (Lipinski definition) is 3. The normalized spacial score (nSPS) is 21.0. The predicted molar refractivity (Wildman–Crippen MR) is 85.8 cm³/mol. The molecule has 2 unspecified atom stereocenters. The van der Waals surface area contributed by atoms with Gasteiger partial charge >= 0.3 is 0 Å². The number of nitrogens with one attached hydrogen (secondary N) is 1. The maximum atomic E-state index is 6.48. The van der Waals surface area contributed by atoms with E-state index in [1.807, 2.05) is 7.05 Å². The maximum Gasteiger partial charge on any atom is 0.0750 e. The van der Waals surface area contributed by atoms with Crippen molar-refractivity contribution in [3.8, 4) is 0 Å². The zero-order valence-electron chi connectivity index (χ0n) is 12.7. The third-order valence-electron chi connectivity index (χ3n) is 4.03. The minimum atomic E-state index is 0.319. The summed E-state index contributed by atoms with van der Waals surface area (Å²) in [6.07, 6.45) is 2.65. The van der Waals surface area contributed by atoms with Gasteiger partial charge in [0.15, 0.2) is 0 Å². The third-order valence-corrected chi connectivity index (χ3v) is 4.33. The van der Waals surface area contributed by atoms with Crippen LogP contribution in [0.4, 0.5) is 5.69 Å². The van der Waals surface area contributed by atoms with E-state index in [2.05, 4.69) is 42.3 Å². The van der Waals surface area contributed by atoms with Crippen LogP contribution in [0.15, 0.2) is 18.2 Å². The first-order chi connectivity index (χ1) is 9.65. The lowest BCUT2D eigenvalue weighted by Crippen LogP contribution is -2.39. The van der Waals surface area contributed by atoms with Crippen molar-refractivity contribution in [2.45, 2.75) is 38.8 Å². The third kappa shape index (κ3) is 3.66. The van der Waals surface area contributed by atoms with Crippen LogP contribution in [-0.4, -0.2) is 32.8 Å². The average molecular weight is 297 g/mol. The molecule has 1 aromatic carbocycles. The second kappa shape index (κ2) is 7.30. The smallest absolute Gasteiger partial charge is 0.0750 e. The van der Waals surface area contributed by atoms with E-state index < -0.39 is 0 Å². The van der Waals surface area contributed by atoms with E-state index in [1.165, 1.54) is 5.56 Å². The maximum absolute atomic E-state index is 6.48. The van der Waals surface area contributed by atoms with Crippen molar-refractivity contribution < 1.29 is 4.74 Å². The summed E-state index contributed by atoms with van der Waals surface area (Å²) in [5.41, 5.74) is 2.35. The Balaban J connectivity index is 2.12. The fourth-order valence-corrected chi connectivity index (χ4v) is 3.05. The topological polar surface area (TPSA) is 24.5 Å². The van der Waals surface area contributed by atoms with Gasteiger partial charge in [-0.15, -0.1) is 0 Å². The Labute approximate surface area is 127 Å². The molecule has 1 aliphatic heterocycles. The Kier molecular flexibility index (Phi) is 5.70. The number of hydrogen-bond donors (Lipinski definition) is 1. The number of ether oxygens (including phenoxy) is 1. The zero-order chi connectivity index (χ0) is 14.5. The first-order valence-electron chi connectivity index (χ1n) is 7.49. The molecule has 1 N–H and O–H groups in total. The average Bonchev–Trinajstić information content (AvgIpc) is 2.47. The van der Waals surface area contributed by atoms with Crippen LogP contribution in [0.2, 0.25) is 5.02 Å². The molecule has 0 radical (unpaired) electrons. The molecule has 1 aromatic rings. The van der Waals surface area contributed by atoms with E-state index in [0.717, 1.165) is 43.2 Å². The fraction of sp³-hybridized carbons (Fsp3) is 0.625. The van der Waals surface area contributed by atoms with Crippen LogP contribution in [0.5, 0.6) is 0 Å². The summed E-state index contributed by atoms with van der Waals surface area (Å²) in [5.74, 6) is 0. The molecule has 0 saturated carbocycles. The van der Waals surface area contributed by atoms with Crippen LogP contribution in [0.25, 0.3) is 0 Å². The zero-order valence-corrected chi connectivity index (χ0v) is 13.4. The van der Waals surface area contributed by atoms with Gasteiger partial charge in [-0.3, -0.25) is 0 Å². The molecule has 20 heavy (non-hydrogen) atoms. The second-order valence-electron chi connectivity index (χ2n) is 5.39. The van der Waals surface area contributed by atoms with E-state index in [1.54, 1.807) is 0 Å². The summed E-state index contributed by atoms with van der Waals surface area (Å²) in [6.45, 7) is 6.97. The Morgan fingerprint density at radius 1 is 1.50 bits per heavy atom. The lowest BCUT2D eigenvalue weighted by molar-refractivity contribution is 0.0527. The van der Waals surface area contributed by atoms with Crippen molar-refractivity contribution in [2.24, 2.45) is 0 Å². The fourth-order valence-electron chi connectivity index (χ4n) is 2.74. The van der Waals surface area contributed by atoms with Gasteiger partial charge in [-0.25, -0.2) is 0 Å². The summed E-state index contributed by atoms with van der Waals surface area (Å²) < 4.78 is 5.76. The molecule has 1 aliphatic rings. The van der Waals surface area contributed by atoms with Crippen molar-refractivity contribution >= 4 is 17.3 Å². The van der Waals surface area contributed by atoms with Crippen molar-refractivity contribution in [1.82, 2.24) is 5.32 Å². The molecule has 2 rings (SSSR count). The number of piperidine rings is 1. The number of nitrogens with zero attached hydrogens (tertiary/aromatic N) is 1. The van der Waals surface area contributed by atoms with Gasteiger partial charge in [0.1, 0.15) is 0 Å². The summed E-state index contributed by atoms with van der Waals surface area (Å²) in [7, 11) is 1.96. The highest BCUT2D eigenvalue weighted by Crippen LogP contribution is 2.31. The minimum absolute atomic E-state index is 0.319. The van der Waals surface area contributed by atoms with Gasteiger partial charge in [-0.05, 0) is 51.4 Å².